The molecule has 2 amide bonds. The Kier molecular flexibility index (Phi) is 4.28. The van der Waals surface area contributed by atoms with Crippen LogP contribution in [0.5, 0.6) is 0 Å². The maximum atomic E-state index is 12.0. The SMILES string of the molecule is CO/N=C1\C(=O)N(C(=O)OC(C)(C)C)CC1CN. The number of rotatable bonds is 2. The van der Waals surface area contributed by atoms with Gasteiger partial charge in [-0.25, -0.2) is 9.69 Å². The second kappa shape index (κ2) is 5.34. The largest absolute Gasteiger partial charge is 0.443 e. The number of carbonyl (C=O) groups excluding carboxylic acids is 2. The molecule has 1 atom stereocenters. The van der Waals surface area contributed by atoms with Crippen molar-refractivity contribution in [1.82, 2.24) is 4.90 Å². The molecule has 0 spiro atoms. The fourth-order valence-electron chi connectivity index (χ4n) is 1.58. The standard InChI is InChI=1S/C11H19N3O4/c1-11(2,3)18-10(16)14-6-7(5-12)8(9(14)15)13-17-4/h7H,5-6,12H2,1-4H3/b13-8-. The lowest BCUT2D eigenvalue weighted by molar-refractivity contribution is -0.122. The van der Waals surface area contributed by atoms with Crippen LogP contribution in [0, 0.1) is 5.92 Å². The molecular formula is C11H19N3O4. The Morgan fingerprint density at radius 3 is 2.61 bits per heavy atom. The molecule has 1 unspecified atom stereocenters. The molecule has 0 bridgehead atoms. The normalized spacial score (nSPS) is 22.5. The van der Waals surface area contributed by atoms with Crippen molar-refractivity contribution >= 4 is 17.7 Å². The maximum Gasteiger partial charge on any atom is 0.417 e. The first-order chi connectivity index (χ1) is 8.30. The third kappa shape index (κ3) is 3.19. The van der Waals surface area contributed by atoms with Gasteiger partial charge in [-0.3, -0.25) is 4.79 Å². The second-order valence-electron chi connectivity index (χ2n) is 4.99. The van der Waals surface area contributed by atoms with Crippen LogP contribution in [0.3, 0.4) is 0 Å². The Bertz CT molecular complexity index is 373. The highest BCUT2D eigenvalue weighted by atomic mass is 16.6. The number of carbonyl (C=O) groups is 2. The lowest BCUT2D eigenvalue weighted by atomic mass is 10.1. The van der Waals surface area contributed by atoms with Crippen LogP contribution in [0.25, 0.3) is 0 Å². The summed E-state index contributed by atoms with van der Waals surface area (Å²) >= 11 is 0. The quantitative estimate of drug-likeness (QED) is 0.720. The van der Waals surface area contributed by atoms with Crippen LogP contribution in [-0.2, 0) is 14.4 Å². The van der Waals surface area contributed by atoms with E-state index in [1.807, 2.05) is 0 Å². The maximum absolute atomic E-state index is 12.0. The minimum absolute atomic E-state index is 0.158. The number of amides is 2. The highest BCUT2D eigenvalue weighted by Gasteiger charge is 2.42. The van der Waals surface area contributed by atoms with Gasteiger partial charge in [-0.1, -0.05) is 5.16 Å². The van der Waals surface area contributed by atoms with E-state index in [1.165, 1.54) is 7.11 Å². The Balaban J connectivity index is 2.84. The topological polar surface area (TPSA) is 94.2 Å². The van der Waals surface area contributed by atoms with E-state index in [2.05, 4.69) is 9.99 Å². The molecule has 1 rings (SSSR count). The zero-order chi connectivity index (χ0) is 13.9. The van der Waals surface area contributed by atoms with Gasteiger partial charge in [-0.2, -0.15) is 0 Å². The summed E-state index contributed by atoms with van der Waals surface area (Å²) in [5.74, 6) is -0.827. The van der Waals surface area contributed by atoms with Crippen molar-refractivity contribution < 1.29 is 19.2 Å². The number of nitrogens with two attached hydrogens (primary N) is 1. The van der Waals surface area contributed by atoms with Crippen molar-refractivity contribution in [2.45, 2.75) is 26.4 Å². The summed E-state index contributed by atoms with van der Waals surface area (Å²) in [6.07, 6.45) is -0.688. The molecule has 0 aromatic heterocycles. The predicted molar refractivity (Wildman–Crippen MR) is 64.9 cm³/mol. The zero-order valence-corrected chi connectivity index (χ0v) is 11.1. The highest BCUT2D eigenvalue weighted by Crippen LogP contribution is 2.18. The molecule has 1 aliphatic heterocycles. The molecule has 7 nitrogen and oxygen atoms in total. The van der Waals surface area contributed by atoms with Gasteiger partial charge < -0.3 is 15.3 Å². The van der Waals surface area contributed by atoms with E-state index in [0.717, 1.165) is 4.90 Å². The van der Waals surface area contributed by atoms with Crippen LogP contribution in [-0.4, -0.2) is 48.4 Å². The second-order valence-corrected chi connectivity index (χ2v) is 4.99. The summed E-state index contributed by atoms with van der Waals surface area (Å²) in [6, 6.07) is 0. The van der Waals surface area contributed by atoms with E-state index >= 15 is 0 Å². The Morgan fingerprint density at radius 1 is 1.56 bits per heavy atom. The predicted octanol–water partition coefficient (Wildman–Crippen LogP) is 0.341. The van der Waals surface area contributed by atoms with E-state index in [4.69, 9.17) is 10.5 Å². The van der Waals surface area contributed by atoms with Gasteiger partial charge in [0.2, 0.25) is 0 Å². The van der Waals surface area contributed by atoms with Crippen molar-refractivity contribution in [3.8, 4) is 0 Å². The lowest BCUT2D eigenvalue weighted by Crippen LogP contribution is -2.38. The monoisotopic (exact) mass is 257 g/mol. The van der Waals surface area contributed by atoms with Crippen molar-refractivity contribution in [2.75, 3.05) is 20.2 Å². The van der Waals surface area contributed by atoms with E-state index in [1.54, 1.807) is 20.8 Å². The number of oxime groups is 1. The fraction of sp³-hybridized carbons (Fsp3) is 0.727. The molecule has 0 aromatic rings. The zero-order valence-electron chi connectivity index (χ0n) is 11.1. The first-order valence-corrected chi connectivity index (χ1v) is 5.66. The third-order valence-electron chi connectivity index (χ3n) is 2.34. The molecule has 1 fully saturated rings. The molecular weight excluding hydrogens is 238 g/mol. The molecule has 0 aromatic carbocycles. The summed E-state index contributed by atoms with van der Waals surface area (Å²) < 4.78 is 5.14. The number of imide groups is 1. The average Bonchev–Trinajstić information content (AvgIpc) is 2.55. The van der Waals surface area contributed by atoms with Gasteiger partial charge in [0.25, 0.3) is 5.91 Å². The summed E-state index contributed by atoms with van der Waals surface area (Å²) in [5.41, 5.74) is 5.04. The first kappa shape index (κ1) is 14.4. The minimum Gasteiger partial charge on any atom is -0.443 e. The smallest absolute Gasteiger partial charge is 0.417 e. The molecule has 102 valence electrons. The third-order valence-corrected chi connectivity index (χ3v) is 2.34. The number of hydrogen-bond donors (Lipinski definition) is 1. The van der Waals surface area contributed by atoms with Crippen LogP contribution in [0.1, 0.15) is 20.8 Å². The van der Waals surface area contributed by atoms with Crippen LogP contribution < -0.4 is 5.73 Å². The van der Waals surface area contributed by atoms with Crippen molar-refractivity contribution in [3.05, 3.63) is 0 Å². The van der Waals surface area contributed by atoms with Gasteiger partial charge in [0.1, 0.15) is 12.7 Å². The highest BCUT2D eigenvalue weighted by molar-refractivity contribution is 6.43. The number of ether oxygens (including phenoxy) is 1. The van der Waals surface area contributed by atoms with E-state index in [-0.39, 0.29) is 24.7 Å². The van der Waals surface area contributed by atoms with Crippen LogP contribution in [0.4, 0.5) is 4.79 Å². The van der Waals surface area contributed by atoms with Crippen molar-refractivity contribution in [1.29, 1.82) is 0 Å². The van der Waals surface area contributed by atoms with Gasteiger partial charge >= 0.3 is 6.09 Å². The van der Waals surface area contributed by atoms with E-state index < -0.39 is 17.6 Å². The molecule has 1 heterocycles. The molecule has 1 aliphatic rings. The lowest BCUT2D eigenvalue weighted by Gasteiger charge is -2.23. The molecule has 0 saturated carbocycles. The fourth-order valence-corrected chi connectivity index (χ4v) is 1.58. The van der Waals surface area contributed by atoms with Crippen LogP contribution >= 0.6 is 0 Å². The van der Waals surface area contributed by atoms with E-state index in [0.29, 0.717) is 0 Å². The van der Waals surface area contributed by atoms with Gasteiger partial charge in [-0.05, 0) is 20.8 Å². The number of hydrogen-bond acceptors (Lipinski definition) is 6. The number of likely N-dealkylation sites (tertiary alicyclic amines) is 1. The van der Waals surface area contributed by atoms with Gasteiger partial charge in [0, 0.05) is 19.0 Å². The summed E-state index contributed by atoms with van der Waals surface area (Å²) in [5, 5.41) is 3.62. The molecule has 2 N–H and O–H groups in total. The average molecular weight is 257 g/mol. The first-order valence-electron chi connectivity index (χ1n) is 5.66. The van der Waals surface area contributed by atoms with Crippen LogP contribution in [0.15, 0.2) is 5.16 Å². The summed E-state index contributed by atoms with van der Waals surface area (Å²) in [7, 11) is 1.34. The van der Waals surface area contributed by atoms with Gasteiger partial charge in [-0.15, -0.1) is 0 Å². The van der Waals surface area contributed by atoms with Gasteiger partial charge in [0.15, 0.2) is 5.71 Å². The Morgan fingerprint density at radius 2 is 2.17 bits per heavy atom. The molecule has 7 heteroatoms. The Labute approximate surface area is 106 Å². The van der Waals surface area contributed by atoms with Crippen LogP contribution in [0.2, 0.25) is 0 Å². The number of nitrogens with zero attached hydrogens (tertiary/aromatic N) is 2. The van der Waals surface area contributed by atoms with Crippen molar-refractivity contribution in [3.63, 3.8) is 0 Å². The molecule has 0 radical (unpaired) electrons. The Hall–Kier alpha value is -1.63. The minimum atomic E-state index is -0.688. The molecule has 18 heavy (non-hydrogen) atoms. The molecule has 0 aliphatic carbocycles. The van der Waals surface area contributed by atoms with Gasteiger partial charge in [0.05, 0.1) is 0 Å². The summed E-state index contributed by atoms with van der Waals surface area (Å²) in [4.78, 5) is 29.4. The van der Waals surface area contributed by atoms with Crippen molar-refractivity contribution in [2.24, 2.45) is 16.8 Å². The molecule has 1 saturated heterocycles. The van der Waals surface area contributed by atoms with E-state index in [9.17, 15) is 9.59 Å². The summed E-state index contributed by atoms with van der Waals surface area (Å²) in [6.45, 7) is 5.59.